The van der Waals surface area contributed by atoms with Gasteiger partial charge in [0.2, 0.25) is 0 Å². The number of azo groups is 1. The van der Waals surface area contributed by atoms with Gasteiger partial charge >= 0.3 is 5.97 Å². The van der Waals surface area contributed by atoms with Crippen LogP contribution in [0.15, 0.2) is 58.8 Å². The Hall–Kier alpha value is -2.69. The summed E-state index contributed by atoms with van der Waals surface area (Å²) in [6.07, 6.45) is 1.09. The van der Waals surface area contributed by atoms with Gasteiger partial charge in [0.25, 0.3) is 0 Å². The minimum Gasteiger partial charge on any atom is -0.493 e. The third kappa shape index (κ3) is 5.21. The Morgan fingerprint density at radius 3 is 2.04 bits per heavy atom. The zero-order valence-corrected chi connectivity index (χ0v) is 13.3. The number of rotatable bonds is 7. The summed E-state index contributed by atoms with van der Waals surface area (Å²) < 4.78 is 5.68. The van der Waals surface area contributed by atoms with Gasteiger partial charge in [0.15, 0.2) is 0 Å². The molecule has 1 N–H and O–H groups in total. The van der Waals surface area contributed by atoms with Crippen LogP contribution in [0.1, 0.15) is 30.6 Å². The van der Waals surface area contributed by atoms with Gasteiger partial charge in [-0.1, -0.05) is 20.3 Å². The molecule has 2 rings (SSSR count). The highest BCUT2D eigenvalue weighted by Crippen LogP contribution is 2.22. The van der Waals surface area contributed by atoms with Crippen LogP contribution in [-0.2, 0) is 0 Å². The first-order valence-corrected chi connectivity index (χ1v) is 7.56. The van der Waals surface area contributed by atoms with E-state index >= 15 is 0 Å². The Labute approximate surface area is 135 Å². The summed E-state index contributed by atoms with van der Waals surface area (Å²) >= 11 is 0. The number of hydrogen-bond acceptors (Lipinski definition) is 4. The topological polar surface area (TPSA) is 71.2 Å². The highest BCUT2D eigenvalue weighted by Gasteiger charge is 2.02. The first kappa shape index (κ1) is 16.7. The molecule has 1 atom stereocenters. The Morgan fingerprint density at radius 2 is 1.57 bits per heavy atom. The molecule has 0 radical (unpaired) electrons. The van der Waals surface area contributed by atoms with Crippen molar-refractivity contribution >= 4 is 17.3 Å². The van der Waals surface area contributed by atoms with Gasteiger partial charge in [0, 0.05) is 0 Å². The van der Waals surface area contributed by atoms with E-state index in [0.29, 0.717) is 23.9 Å². The van der Waals surface area contributed by atoms with E-state index in [9.17, 15) is 4.79 Å². The van der Waals surface area contributed by atoms with Gasteiger partial charge in [-0.25, -0.2) is 4.79 Å². The first-order chi connectivity index (χ1) is 11.1. The predicted molar refractivity (Wildman–Crippen MR) is 89.0 cm³/mol. The zero-order valence-electron chi connectivity index (χ0n) is 13.3. The second-order valence-corrected chi connectivity index (χ2v) is 5.37. The highest BCUT2D eigenvalue weighted by molar-refractivity contribution is 5.87. The number of carboxylic acid groups (broad SMARTS) is 1. The third-order valence-corrected chi connectivity index (χ3v) is 3.46. The zero-order chi connectivity index (χ0) is 16.7. The van der Waals surface area contributed by atoms with Crippen LogP contribution in [0.5, 0.6) is 5.75 Å². The molecule has 0 heterocycles. The number of aromatic carboxylic acids is 1. The Morgan fingerprint density at radius 1 is 1.04 bits per heavy atom. The van der Waals surface area contributed by atoms with Crippen LogP contribution in [0.25, 0.3) is 0 Å². The molecule has 0 spiro atoms. The fourth-order valence-electron chi connectivity index (χ4n) is 1.75. The molecule has 0 aliphatic rings. The number of carboxylic acids is 1. The number of ether oxygens (including phenoxy) is 1. The van der Waals surface area contributed by atoms with Crippen molar-refractivity contribution in [1.29, 1.82) is 0 Å². The van der Waals surface area contributed by atoms with Crippen molar-refractivity contribution in [3.05, 3.63) is 54.1 Å². The molecule has 120 valence electrons. The lowest BCUT2D eigenvalue weighted by Crippen LogP contribution is -2.06. The second kappa shape index (κ2) is 8.08. The highest BCUT2D eigenvalue weighted by atomic mass is 16.5. The molecule has 23 heavy (non-hydrogen) atoms. The molecule has 0 aliphatic heterocycles. The minimum absolute atomic E-state index is 0.228. The number of nitrogens with zero attached hydrogens (tertiary/aromatic N) is 2. The summed E-state index contributed by atoms with van der Waals surface area (Å²) in [5.41, 5.74) is 1.54. The third-order valence-electron chi connectivity index (χ3n) is 3.46. The van der Waals surface area contributed by atoms with Crippen LogP contribution in [-0.4, -0.2) is 17.7 Å². The number of benzene rings is 2. The molecule has 5 nitrogen and oxygen atoms in total. The Bertz CT molecular complexity index is 664. The summed E-state index contributed by atoms with van der Waals surface area (Å²) in [5.74, 6) is 0.389. The van der Waals surface area contributed by atoms with E-state index in [4.69, 9.17) is 9.84 Å². The van der Waals surface area contributed by atoms with Gasteiger partial charge in [-0.3, -0.25) is 0 Å². The standard InChI is InChI=1S/C18H20N2O3/c1-3-13(2)12-23-17-10-8-16(9-11-17)20-19-15-6-4-14(5-7-15)18(21)22/h4-11,13H,3,12H2,1-2H3,(H,21,22). The lowest BCUT2D eigenvalue weighted by molar-refractivity contribution is 0.0697. The van der Waals surface area contributed by atoms with Crippen molar-refractivity contribution in [1.82, 2.24) is 0 Å². The molecule has 0 bridgehead atoms. The monoisotopic (exact) mass is 312 g/mol. The largest absolute Gasteiger partial charge is 0.493 e. The van der Waals surface area contributed by atoms with Crippen LogP contribution < -0.4 is 4.74 Å². The van der Waals surface area contributed by atoms with Crippen molar-refractivity contribution < 1.29 is 14.6 Å². The SMILES string of the molecule is CCC(C)COc1ccc(N=Nc2ccc(C(=O)O)cc2)cc1. The van der Waals surface area contributed by atoms with Gasteiger partial charge in [0.1, 0.15) is 5.75 Å². The lowest BCUT2D eigenvalue weighted by atomic mass is 10.1. The quantitative estimate of drug-likeness (QED) is 0.712. The number of carbonyl (C=O) groups is 1. The summed E-state index contributed by atoms with van der Waals surface area (Å²) in [6.45, 7) is 4.99. The maximum absolute atomic E-state index is 10.8. The van der Waals surface area contributed by atoms with E-state index in [1.54, 1.807) is 12.1 Å². The van der Waals surface area contributed by atoms with Gasteiger partial charge in [0.05, 0.1) is 23.5 Å². The second-order valence-electron chi connectivity index (χ2n) is 5.37. The first-order valence-electron chi connectivity index (χ1n) is 7.56. The normalized spacial score (nSPS) is 12.3. The fourth-order valence-corrected chi connectivity index (χ4v) is 1.75. The molecular formula is C18H20N2O3. The van der Waals surface area contributed by atoms with Crippen LogP contribution in [0.2, 0.25) is 0 Å². The molecule has 0 aromatic heterocycles. The fraction of sp³-hybridized carbons (Fsp3) is 0.278. The van der Waals surface area contributed by atoms with Crippen molar-refractivity contribution in [2.75, 3.05) is 6.61 Å². The molecule has 0 saturated heterocycles. The van der Waals surface area contributed by atoms with Crippen LogP contribution >= 0.6 is 0 Å². The molecule has 0 saturated carbocycles. The molecule has 0 aliphatic carbocycles. The van der Waals surface area contributed by atoms with E-state index in [1.165, 1.54) is 12.1 Å². The maximum Gasteiger partial charge on any atom is 0.335 e. The van der Waals surface area contributed by atoms with Crippen molar-refractivity contribution in [2.45, 2.75) is 20.3 Å². The molecule has 2 aromatic carbocycles. The van der Waals surface area contributed by atoms with Gasteiger partial charge in [-0.05, 0) is 54.4 Å². The summed E-state index contributed by atoms with van der Waals surface area (Å²) in [7, 11) is 0. The van der Waals surface area contributed by atoms with Crippen LogP contribution in [0.3, 0.4) is 0 Å². The smallest absolute Gasteiger partial charge is 0.335 e. The van der Waals surface area contributed by atoms with Crippen molar-refractivity contribution in [3.63, 3.8) is 0 Å². The molecule has 2 aromatic rings. The van der Waals surface area contributed by atoms with E-state index in [1.807, 2.05) is 24.3 Å². The summed E-state index contributed by atoms with van der Waals surface area (Å²) in [5, 5.41) is 17.0. The van der Waals surface area contributed by atoms with Gasteiger partial charge in [-0.15, -0.1) is 0 Å². The minimum atomic E-state index is -0.957. The van der Waals surface area contributed by atoms with Crippen molar-refractivity contribution in [3.8, 4) is 5.75 Å². The lowest BCUT2D eigenvalue weighted by Gasteiger charge is -2.10. The molecule has 5 heteroatoms. The van der Waals surface area contributed by atoms with Crippen LogP contribution in [0, 0.1) is 5.92 Å². The Kier molecular flexibility index (Phi) is 5.86. The van der Waals surface area contributed by atoms with E-state index in [0.717, 1.165) is 12.2 Å². The van der Waals surface area contributed by atoms with Crippen molar-refractivity contribution in [2.24, 2.45) is 16.1 Å². The number of hydrogen-bond donors (Lipinski definition) is 1. The predicted octanol–water partition coefficient (Wildman–Crippen LogP) is 5.23. The van der Waals surface area contributed by atoms with E-state index in [-0.39, 0.29) is 5.56 Å². The molecule has 1 unspecified atom stereocenters. The summed E-state index contributed by atoms with van der Waals surface area (Å²) in [6, 6.07) is 13.6. The molecule has 0 amide bonds. The average molecular weight is 312 g/mol. The van der Waals surface area contributed by atoms with Gasteiger partial charge in [-0.2, -0.15) is 10.2 Å². The molecular weight excluding hydrogens is 292 g/mol. The molecule has 0 fully saturated rings. The van der Waals surface area contributed by atoms with Crippen LogP contribution in [0.4, 0.5) is 11.4 Å². The van der Waals surface area contributed by atoms with E-state index < -0.39 is 5.97 Å². The maximum atomic E-state index is 10.8. The summed E-state index contributed by atoms with van der Waals surface area (Å²) in [4.78, 5) is 10.8. The Balaban J connectivity index is 1.95. The average Bonchev–Trinajstić information content (AvgIpc) is 2.59. The van der Waals surface area contributed by atoms with E-state index in [2.05, 4.69) is 24.1 Å². The van der Waals surface area contributed by atoms with Gasteiger partial charge < -0.3 is 9.84 Å².